The fourth-order valence-corrected chi connectivity index (χ4v) is 4.36. The first kappa shape index (κ1) is 20.2. The molecule has 0 fully saturated rings. The number of hydrogen-bond donors (Lipinski definition) is 1. The smallest absolute Gasteiger partial charge is 0.339 e. The lowest BCUT2D eigenvalue weighted by molar-refractivity contribution is 0.0600. The van der Waals surface area contributed by atoms with Gasteiger partial charge in [-0.25, -0.2) is 18.2 Å². The van der Waals surface area contributed by atoms with Crippen molar-refractivity contribution >= 4 is 45.0 Å². The van der Waals surface area contributed by atoms with E-state index >= 15 is 0 Å². The van der Waals surface area contributed by atoms with Crippen LogP contribution in [0.25, 0.3) is 0 Å². The maximum Gasteiger partial charge on any atom is 0.339 e. The highest BCUT2D eigenvalue weighted by atomic mass is 35.5. The van der Waals surface area contributed by atoms with E-state index in [1.807, 2.05) is 0 Å². The number of esters is 1. The topological polar surface area (TPSA) is 85.4 Å². The number of aromatic nitrogens is 1. The summed E-state index contributed by atoms with van der Waals surface area (Å²) in [7, 11) is -2.47. The maximum atomic E-state index is 12.6. The molecule has 144 valence electrons. The second-order valence-electron chi connectivity index (χ2n) is 5.53. The molecule has 1 N–H and O–H groups in total. The Morgan fingerprint density at radius 2 is 1.79 bits per heavy atom. The van der Waals surface area contributed by atoms with Gasteiger partial charge in [0.05, 0.1) is 23.3 Å². The molecular formula is C19H15ClN2O4S2. The number of para-hydroxylation sites is 1. The average Bonchev–Trinajstić information content (AvgIpc) is 2.69. The van der Waals surface area contributed by atoms with Crippen molar-refractivity contribution in [3.63, 3.8) is 0 Å². The predicted octanol–water partition coefficient (Wildman–Crippen LogP) is 4.47. The fourth-order valence-electron chi connectivity index (χ4n) is 2.25. The molecule has 9 heteroatoms. The standard InChI is InChI=1S/C19H15ClN2O4S2/c1-26-19(23)13-6-11-18(21-12-13)27-17-5-3-2-4-16(17)22-28(24,25)15-9-7-14(20)8-10-15/h2-12,22H,1H3. The zero-order valence-corrected chi connectivity index (χ0v) is 17.0. The number of anilines is 1. The number of hydrogen-bond acceptors (Lipinski definition) is 6. The summed E-state index contributed by atoms with van der Waals surface area (Å²) in [5.74, 6) is -0.472. The number of methoxy groups -OCH3 is 1. The van der Waals surface area contributed by atoms with E-state index in [4.69, 9.17) is 11.6 Å². The molecule has 3 aromatic rings. The third-order valence-corrected chi connectivity index (χ3v) is 6.29. The highest BCUT2D eigenvalue weighted by Crippen LogP contribution is 2.33. The number of carbonyl (C=O) groups excluding carboxylic acids is 1. The third-order valence-electron chi connectivity index (χ3n) is 3.63. The molecule has 2 aromatic carbocycles. The Balaban J connectivity index is 1.83. The van der Waals surface area contributed by atoms with Gasteiger partial charge >= 0.3 is 5.97 Å². The first-order valence-electron chi connectivity index (χ1n) is 7.99. The minimum absolute atomic E-state index is 0.109. The summed E-state index contributed by atoms with van der Waals surface area (Å²) in [5.41, 5.74) is 0.755. The second kappa shape index (κ2) is 8.64. The van der Waals surface area contributed by atoms with Crippen molar-refractivity contribution in [3.05, 3.63) is 77.4 Å². The number of halogens is 1. The zero-order valence-electron chi connectivity index (χ0n) is 14.6. The van der Waals surface area contributed by atoms with Crippen LogP contribution in [0.1, 0.15) is 10.4 Å². The molecule has 0 aliphatic heterocycles. The molecule has 1 aromatic heterocycles. The van der Waals surface area contributed by atoms with Gasteiger partial charge < -0.3 is 4.74 Å². The monoisotopic (exact) mass is 434 g/mol. The molecule has 1 heterocycles. The van der Waals surface area contributed by atoms with Crippen LogP contribution in [-0.4, -0.2) is 26.5 Å². The molecule has 0 radical (unpaired) electrons. The Morgan fingerprint density at radius 1 is 1.07 bits per heavy atom. The van der Waals surface area contributed by atoms with Gasteiger partial charge in [0.15, 0.2) is 0 Å². The van der Waals surface area contributed by atoms with Crippen LogP contribution >= 0.6 is 23.4 Å². The van der Waals surface area contributed by atoms with Crippen LogP contribution in [-0.2, 0) is 14.8 Å². The number of pyridine rings is 1. The number of benzene rings is 2. The lowest BCUT2D eigenvalue weighted by atomic mass is 10.3. The van der Waals surface area contributed by atoms with Gasteiger partial charge in [-0.05, 0) is 48.5 Å². The van der Waals surface area contributed by atoms with E-state index in [2.05, 4.69) is 14.4 Å². The number of nitrogens with one attached hydrogen (secondary N) is 1. The SMILES string of the molecule is COC(=O)c1ccc(Sc2ccccc2NS(=O)(=O)c2ccc(Cl)cc2)nc1. The van der Waals surface area contributed by atoms with E-state index in [0.29, 0.717) is 26.2 Å². The van der Waals surface area contributed by atoms with Gasteiger partial charge in [0.1, 0.15) is 5.03 Å². The predicted molar refractivity (Wildman–Crippen MR) is 108 cm³/mol. The Kier molecular flexibility index (Phi) is 6.23. The van der Waals surface area contributed by atoms with Crippen LogP contribution in [0.15, 0.2) is 81.7 Å². The van der Waals surface area contributed by atoms with Gasteiger partial charge in [-0.15, -0.1) is 0 Å². The molecule has 0 saturated heterocycles. The fraction of sp³-hybridized carbons (Fsp3) is 0.0526. The molecule has 0 unspecified atom stereocenters. The molecule has 0 spiro atoms. The van der Waals surface area contributed by atoms with Crippen molar-refractivity contribution in [2.75, 3.05) is 11.8 Å². The van der Waals surface area contributed by atoms with Gasteiger partial charge in [-0.2, -0.15) is 0 Å². The molecule has 0 atom stereocenters. The van der Waals surface area contributed by atoms with Crippen molar-refractivity contribution < 1.29 is 17.9 Å². The normalized spacial score (nSPS) is 11.1. The molecule has 28 heavy (non-hydrogen) atoms. The van der Waals surface area contributed by atoms with Crippen LogP contribution in [0.3, 0.4) is 0 Å². The second-order valence-corrected chi connectivity index (χ2v) is 8.72. The van der Waals surface area contributed by atoms with Crippen LogP contribution in [0.4, 0.5) is 5.69 Å². The minimum atomic E-state index is -3.77. The molecule has 0 aliphatic rings. The third kappa shape index (κ3) is 4.83. The first-order chi connectivity index (χ1) is 13.4. The molecular weight excluding hydrogens is 420 g/mol. The lowest BCUT2D eigenvalue weighted by Gasteiger charge is -2.12. The minimum Gasteiger partial charge on any atom is -0.465 e. The van der Waals surface area contributed by atoms with Gasteiger partial charge in [0.25, 0.3) is 10.0 Å². The summed E-state index contributed by atoms with van der Waals surface area (Å²) < 4.78 is 32.5. The molecule has 3 rings (SSSR count). The summed E-state index contributed by atoms with van der Waals surface area (Å²) in [4.78, 5) is 16.5. The van der Waals surface area contributed by atoms with Crippen molar-refractivity contribution in [2.45, 2.75) is 14.8 Å². The molecule has 0 amide bonds. The quantitative estimate of drug-likeness (QED) is 0.576. The van der Waals surface area contributed by atoms with Crippen molar-refractivity contribution in [1.82, 2.24) is 4.98 Å². The number of rotatable bonds is 6. The number of nitrogens with zero attached hydrogens (tertiary/aromatic N) is 1. The zero-order chi connectivity index (χ0) is 20.1. The van der Waals surface area contributed by atoms with Crippen LogP contribution < -0.4 is 4.72 Å². The van der Waals surface area contributed by atoms with Crippen molar-refractivity contribution in [1.29, 1.82) is 0 Å². The van der Waals surface area contributed by atoms with Crippen molar-refractivity contribution in [3.8, 4) is 0 Å². The molecule has 0 bridgehead atoms. The Bertz CT molecular complexity index is 1090. The molecule has 0 saturated carbocycles. The summed E-state index contributed by atoms with van der Waals surface area (Å²) in [6, 6.07) is 16.2. The first-order valence-corrected chi connectivity index (χ1v) is 10.7. The van der Waals surface area contributed by atoms with Gasteiger partial charge in [0.2, 0.25) is 0 Å². The summed E-state index contributed by atoms with van der Waals surface area (Å²) in [6.45, 7) is 0. The summed E-state index contributed by atoms with van der Waals surface area (Å²) in [6.07, 6.45) is 1.41. The van der Waals surface area contributed by atoms with E-state index < -0.39 is 16.0 Å². The van der Waals surface area contributed by atoms with E-state index in [0.717, 1.165) is 0 Å². The Hall–Kier alpha value is -2.55. The Morgan fingerprint density at radius 3 is 2.43 bits per heavy atom. The molecule has 6 nitrogen and oxygen atoms in total. The van der Waals surface area contributed by atoms with E-state index in [9.17, 15) is 13.2 Å². The molecule has 0 aliphatic carbocycles. The van der Waals surface area contributed by atoms with Crippen LogP contribution in [0.5, 0.6) is 0 Å². The van der Waals surface area contributed by atoms with E-state index in [1.54, 1.807) is 36.4 Å². The highest BCUT2D eigenvalue weighted by Gasteiger charge is 2.16. The maximum absolute atomic E-state index is 12.6. The number of ether oxygens (including phenoxy) is 1. The van der Waals surface area contributed by atoms with Gasteiger partial charge in [-0.3, -0.25) is 4.72 Å². The average molecular weight is 435 g/mol. The van der Waals surface area contributed by atoms with Crippen molar-refractivity contribution in [2.24, 2.45) is 0 Å². The lowest BCUT2D eigenvalue weighted by Crippen LogP contribution is -2.13. The summed E-state index contributed by atoms with van der Waals surface area (Å²) in [5, 5.41) is 1.06. The highest BCUT2D eigenvalue weighted by molar-refractivity contribution is 7.99. The van der Waals surface area contributed by atoms with E-state index in [-0.39, 0.29) is 4.90 Å². The summed E-state index contributed by atoms with van der Waals surface area (Å²) >= 11 is 7.09. The number of carbonyl (C=O) groups is 1. The Labute approximate surface area is 172 Å². The van der Waals surface area contributed by atoms with Gasteiger partial charge in [-0.1, -0.05) is 35.5 Å². The van der Waals surface area contributed by atoms with Crippen LogP contribution in [0, 0.1) is 0 Å². The van der Waals surface area contributed by atoms with E-state index in [1.165, 1.54) is 49.3 Å². The largest absolute Gasteiger partial charge is 0.465 e. The number of sulfonamides is 1. The van der Waals surface area contributed by atoms with Gasteiger partial charge in [0, 0.05) is 16.1 Å². The van der Waals surface area contributed by atoms with Crippen LogP contribution in [0.2, 0.25) is 5.02 Å².